The summed E-state index contributed by atoms with van der Waals surface area (Å²) in [5.41, 5.74) is -0.972. The van der Waals surface area contributed by atoms with Gasteiger partial charge in [-0.25, -0.2) is 21.6 Å². The molecule has 1 aliphatic rings. The van der Waals surface area contributed by atoms with E-state index >= 15 is 0 Å². The molecule has 118 valence electrons. The molecule has 0 saturated heterocycles. The molecule has 0 atom stereocenters. The van der Waals surface area contributed by atoms with E-state index in [1.54, 1.807) is 0 Å². The molecule has 1 aromatic carbocycles. The Labute approximate surface area is 125 Å². The molecule has 0 radical (unpaired) electrons. The lowest BCUT2D eigenvalue weighted by molar-refractivity contribution is 0.0532. The van der Waals surface area contributed by atoms with E-state index in [2.05, 4.69) is 4.72 Å². The second-order valence-corrected chi connectivity index (χ2v) is 9.28. The monoisotopic (exact) mass is 333 g/mol. The SMILES string of the molecule is CS(=O)(=O)c1ccc(S(=O)(=O)NCC2(O)CCCC2)cc1. The maximum Gasteiger partial charge on any atom is 0.240 e. The van der Waals surface area contributed by atoms with Gasteiger partial charge in [0.1, 0.15) is 0 Å². The Bertz CT molecular complexity index is 701. The molecule has 21 heavy (non-hydrogen) atoms. The van der Waals surface area contributed by atoms with Crippen molar-refractivity contribution < 1.29 is 21.9 Å². The van der Waals surface area contributed by atoms with Crippen molar-refractivity contribution in [2.24, 2.45) is 0 Å². The summed E-state index contributed by atoms with van der Waals surface area (Å²) in [6.07, 6.45) is 4.01. The third-order valence-electron chi connectivity index (χ3n) is 3.69. The summed E-state index contributed by atoms with van der Waals surface area (Å²) in [6, 6.07) is 5.01. The standard InChI is InChI=1S/C13H19NO5S2/c1-20(16,17)11-4-6-12(7-5-11)21(18,19)14-10-13(15)8-2-3-9-13/h4-7,14-15H,2-3,8-10H2,1H3. The Morgan fingerprint density at radius 1 is 1.05 bits per heavy atom. The number of sulfonamides is 1. The molecule has 0 bridgehead atoms. The second kappa shape index (κ2) is 5.68. The van der Waals surface area contributed by atoms with E-state index in [1.807, 2.05) is 0 Å². The van der Waals surface area contributed by atoms with Crippen LogP contribution in [0.1, 0.15) is 25.7 Å². The molecule has 0 amide bonds. The predicted molar refractivity (Wildman–Crippen MR) is 78.2 cm³/mol. The molecule has 1 fully saturated rings. The number of aliphatic hydroxyl groups is 1. The summed E-state index contributed by atoms with van der Waals surface area (Å²) in [5.74, 6) is 0. The summed E-state index contributed by atoms with van der Waals surface area (Å²) >= 11 is 0. The average molecular weight is 333 g/mol. The van der Waals surface area contributed by atoms with E-state index in [0.717, 1.165) is 19.1 Å². The van der Waals surface area contributed by atoms with Crippen molar-refractivity contribution in [3.63, 3.8) is 0 Å². The fourth-order valence-corrected chi connectivity index (χ4v) is 4.14. The van der Waals surface area contributed by atoms with Gasteiger partial charge in [-0.15, -0.1) is 0 Å². The highest BCUT2D eigenvalue weighted by Crippen LogP contribution is 2.29. The van der Waals surface area contributed by atoms with Gasteiger partial charge in [-0.1, -0.05) is 12.8 Å². The smallest absolute Gasteiger partial charge is 0.240 e. The van der Waals surface area contributed by atoms with Crippen LogP contribution in [0.3, 0.4) is 0 Å². The van der Waals surface area contributed by atoms with Gasteiger partial charge in [0.15, 0.2) is 9.84 Å². The first-order valence-electron chi connectivity index (χ1n) is 6.65. The zero-order valence-corrected chi connectivity index (χ0v) is 13.4. The van der Waals surface area contributed by atoms with Gasteiger partial charge in [0.2, 0.25) is 10.0 Å². The van der Waals surface area contributed by atoms with Crippen molar-refractivity contribution in [2.45, 2.75) is 41.1 Å². The topological polar surface area (TPSA) is 101 Å². The van der Waals surface area contributed by atoms with Crippen LogP contribution in [-0.2, 0) is 19.9 Å². The average Bonchev–Trinajstić information content (AvgIpc) is 2.84. The Morgan fingerprint density at radius 3 is 2.00 bits per heavy atom. The highest BCUT2D eigenvalue weighted by atomic mass is 32.2. The van der Waals surface area contributed by atoms with E-state index < -0.39 is 25.5 Å². The summed E-state index contributed by atoms with van der Waals surface area (Å²) in [5, 5.41) is 10.1. The van der Waals surface area contributed by atoms with Crippen LogP contribution in [0, 0.1) is 0 Å². The maximum atomic E-state index is 12.1. The van der Waals surface area contributed by atoms with E-state index in [-0.39, 0.29) is 16.3 Å². The third-order valence-corrected chi connectivity index (χ3v) is 6.23. The molecule has 0 heterocycles. The van der Waals surface area contributed by atoms with Gasteiger partial charge in [0, 0.05) is 12.8 Å². The van der Waals surface area contributed by atoms with E-state index in [4.69, 9.17) is 0 Å². The van der Waals surface area contributed by atoms with Crippen LogP contribution < -0.4 is 4.72 Å². The lowest BCUT2D eigenvalue weighted by Crippen LogP contribution is -2.40. The summed E-state index contributed by atoms with van der Waals surface area (Å²) in [6.45, 7) is -0.0246. The number of sulfone groups is 1. The highest BCUT2D eigenvalue weighted by molar-refractivity contribution is 7.90. The summed E-state index contributed by atoms with van der Waals surface area (Å²) in [4.78, 5) is 0.0485. The highest BCUT2D eigenvalue weighted by Gasteiger charge is 2.32. The van der Waals surface area contributed by atoms with Crippen LogP contribution in [0.15, 0.2) is 34.1 Å². The number of hydrogen-bond donors (Lipinski definition) is 2. The van der Waals surface area contributed by atoms with Gasteiger partial charge in [-0.2, -0.15) is 0 Å². The quantitative estimate of drug-likeness (QED) is 0.825. The lowest BCUT2D eigenvalue weighted by Gasteiger charge is -2.22. The van der Waals surface area contributed by atoms with Gasteiger partial charge in [0.05, 0.1) is 15.4 Å². The number of rotatable bonds is 5. The van der Waals surface area contributed by atoms with Crippen LogP contribution in [0.4, 0.5) is 0 Å². The maximum absolute atomic E-state index is 12.1. The van der Waals surface area contributed by atoms with Crippen LogP contribution in [0.25, 0.3) is 0 Å². The molecule has 0 aromatic heterocycles. The van der Waals surface area contributed by atoms with Crippen LogP contribution >= 0.6 is 0 Å². The molecule has 2 rings (SSSR count). The second-order valence-electron chi connectivity index (χ2n) is 5.50. The Kier molecular flexibility index (Phi) is 4.44. The Morgan fingerprint density at radius 2 is 1.52 bits per heavy atom. The summed E-state index contributed by atoms with van der Waals surface area (Å²) < 4.78 is 49.3. The first-order valence-corrected chi connectivity index (χ1v) is 10.0. The van der Waals surface area contributed by atoms with Crippen LogP contribution in [0.5, 0.6) is 0 Å². The largest absolute Gasteiger partial charge is 0.389 e. The van der Waals surface area contributed by atoms with Crippen molar-refractivity contribution in [3.8, 4) is 0 Å². The van der Waals surface area contributed by atoms with Gasteiger partial charge in [0.25, 0.3) is 0 Å². The minimum absolute atomic E-state index is 0.0171. The lowest BCUT2D eigenvalue weighted by atomic mass is 10.0. The zero-order chi connectivity index (χ0) is 15.7. The molecule has 0 spiro atoms. The molecule has 6 nitrogen and oxygen atoms in total. The fourth-order valence-electron chi connectivity index (χ4n) is 2.39. The number of nitrogens with one attached hydrogen (secondary N) is 1. The van der Waals surface area contributed by atoms with Crippen molar-refractivity contribution in [3.05, 3.63) is 24.3 Å². The molecule has 1 aromatic rings. The molecule has 2 N–H and O–H groups in total. The minimum atomic E-state index is -3.75. The number of hydrogen-bond acceptors (Lipinski definition) is 5. The zero-order valence-electron chi connectivity index (χ0n) is 11.7. The van der Waals surface area contributed by atoms with Crippen molar-refractivity contribution >= 4 is 19.9 Å². The van der Waals surface area contributed by atoms with Gasteiger partial charge in [-0.3, -0.25) is 0 Å². The van der Waals surface area contributed by atoms with E-state index in [0.29, 0.717) is 12.8 Å². The van der Waals surface area contributed by atoms with Gasteiger partial charge >= 0.3 is 0 Å². The molecular weight excluding hydrogens is 314 g/mol. The predicted octanol–water partition coefficient (Wildman–Crippen LogP) is 0.673. The molecule has 8 heteroatoms. The molecule has 1 aliphatic carbocycles. The molecule has 0 unspecified atom stereocenters. The van der Waals surface area contributed by atoms with Crippen molar-refractivity contribution in [1.29, 1.82) is 0 Å². The molecule has 0 aliphatic heterocycles. The third kappa shape index (κ3) is 4.03. The van der Waals surface area contributed by atoms with Gasteiger partial charge in [-0.05, 0) is 37.1 Å². The molecular formula is C13H19NO5S2. The normalized spacial score (nSPS) is 18.8. The first-order chi connectivity index (χ1) is 9.62. The van der Waals surface area contributed by atoms with Crippen molar-refractivity contribution in [2.75, 3.05) is 12.8 Å². The fraction of sp³-hybridized carbons (Fsp3) is 0.538. The summed E-state index contributed by atoms with van der Waals surface area (Å²) in [7, 11) is -7.11. The van der Waals surface area contributed by atoms with Crippen LogP contribution in [0.2, 0.25) is 0 Å². The Balaban J connectivity index is 2.12. The first kappa shape index (κ1) is 16.4. The van der Waals surface area contributed by atoms with E-state index in [1.165, 1.54) is 24.3 Å². The van der Waals surface area contributed by atoms with Crippen LogP contribution in [-0.4, -0.2) is 40.3 Å². The van der Waals surface area contributed by atoms with Gasteiger partial charge < -0.3 is 5.11 Å². The van der Waals surface area contributed by atoms with E-state index in [9.17, 15) is 21.9 Å². The number of benzene rings is 1. The minimum Gasteiger partial charge on any atom is -0.389 e. The molecule has 1 saturated carbocycles. The van der Waals surface area contributed by atoms with Crippen molar-refractivity contribution in [1.82, 2.24) is 4.72 Å². The Hall–Kier alpha value is -0.960.